The lowest BCUT2D eigenvalue weighted by atomic mass is 10.4. The zero-order valence-electron chi connectivity index (χ0n) is 6.00. The van der Waals surface area contributed by atoms with Gasteiger partial charge in [0, 0.05) is 6.20 Å². The molecule has 64 valence electrons. The average molecular weight is 279 g/mol. The first-order chi connectivity index (χ1) is 5.59. The summed E-state index contributed by atoms with van der Waals surface area (Å²) in [5.41, 5.74) is 4.66. The second-order valence-corrected chi connectivity index (χ2v) is 3.31. The Labute approximate surface area is 81.5 Å². The predicted octanol–water partition coefficient (Wildman–Crippen LogP) is -0.598. The molecule has 12 heavy (non-hydrogen) atoms. The first kappa shape index (κ1) is 9.17. The summed E-state index contributed by atoms with van der Waals surface area (Å²) < 4.78 is 0.487. The predicted molar refractivity (Wildman–Crippen MR) is 50.5 cm³/mol. The van der Waals surface area contributed by atoms with Crippen LogP contribution in [0.3, 0.4) is 0 Å². The van der Waals surface area contributed by atoms with Gasteiger partial charge in [-0.15, -0.1) is 0 Å². The summed E-state index contributed by atoms with van der Waals surface area (Å²) in [5.74, 6) is -0.215. The van der Waals surface area contributed by atoms with Crippen LogP contribution < -0.4 is 11.3 Å². The molecular weight excluding hydrogens is 273 g/mol. The molecule has 0 fully saturated rings. The van der Waals surface area contributed by atoms with Gasteiger partial charge in [-0.3, -0.25) is 9.59 Å². The highest BCUT2D eigenvalue weighted by Gasteiger charge is 2.01. The van der Waals surface area contributed by atoms with E-state index in [1.165, 1.54) is 6.20 Å². The highest BCUT2D eigenvalue weighted by Crippen LogP contribution is 1.93. The van der Waals surface area contributed by atoms with Crippen molar-refractivity contribution in [2.24, 2.45) is 5.73 Å². The molecular formula is C6H6IN3O2. The quantitative estimate of drug-likeness (QED) is 0.709. The van der Waals surface area contributed by atoms with Gasteiger partial charge in [-0.1, -0.05) is 0 Å². The van der Waals surface area contributed by atoms with E-state index in [9.17, 15) is 9.59 Å². The van der Waals surface area contributed by atoms with Crippen LogP contribution in [0.25, 0.3) is 0 Å². The minimum absolute atomic E-state index is 0.0356. The molecule has 5 nitrogen and oxygen atoms in total. The molecule has 1 heterocycles. The summed E-state index contributed by atoms with van der Waals surface area (Å²) in [6.07, 6.45) is 1.36. The number of carbonyl (C=O) groups is 1. The number of primary amides is 1. The number of hydrogen-bond acceptors (Lipinski definition) is 3. The second kappa shape index (κ2) is 3.65. The van der Waals surface area contributed by atoms with E-state index in [0.717, 1.165) is 0 Å². The molecule has 0 radical (unpaired) electrons. The lowest BCUT2D eigenvalue weighted by molar-refractivity contribution is -0.117. The Hall–Kier alpha value is -0.920. The maximum Gasteiger partial charge on any atom is 0.264 e. The SMILES string of the molecule is NC(=O)Cc1ncc(I)c(=O)[nH]1. The van der Waals surface area contributed by atoms with E-state index in [1.807, 2.05) is 22.6 Å². The molecule has 0 unspecified atom stereocenters. The topological polar surface area (TPSA) is 88.8 Å². The number of nitrogens with zero attached hydrogens (tertiary/aromatic N) is 1. The number of halogens is 1. The Morgan fingerprint density at radius 2 is 2.42 bits per heavy atom. The van der Waals surface area contributed by atoms with Gasteiger partial charge < -0.3 is 10.7 Å². The molecule has 0 aliphatic rings. The van der Waals surface area contributed by atoms with Gasteiger partial charge in [0.1, 0.15) is 5.82 Å². The number of amides is 1. The molecule has 6 heteroatoms. The van der Waals surface area contributed by atoms with E-state index in [-0.39, 0.29) is 12.0 Å². The van der Waals surface area contributed by atoms with Crippen LogP contribution in [0.1, 0.15) is 5.82 Å². The fourth-order valence-corrected chi connectivity index (χ4v) is 0.945. The van der Waals surface area contributed by atoms with Crippen molar-refractivity contribution in [1.82, 2.24) is 9.97 Å². The summed E-state index contributed by atoms with van der Waals surface area (Å²) in [4.78, 5) is 27.6. The molecule has 1 rings (SSSR count). The fourth-order valence-electron chi connectivity index (χ4n) is 0.671. The largest absolute Gasteiger partial charge is 0.369 e. The molecule has 0 aliphatic heterocycles. The van der Waals surface area contributed by atoms with E-state index in [4.69, 9.17) is 5.73 Å². The third-order valence-corrected chi connectivity index (χ3v) is 1.92. The number of aromatic nitrogens is 2. The van der Waals surface area contributed by atoms with Crippen LogP contribution in [0.4, 0.5) is 0 Å². The molecule has 0 aliphatic carbocycles. The van der Waals surface area contributed by atoms with Crippen LogP contribution >= 0.6 is 22.6 Å². The van der Waals surface area contributed by atoms with Crippen molar-refractivity contribution in [3.63, 3.8) is 0 Å². The smallest absolute Gasteiger partial charge is 0.264 e. The van der Waals surface area contributed by atoms with E-state index >= 15 is 0 Å². The normalized spacial score (nSPS) is 9.75. The van der Waals surface area contributed by atoms with Crippen LogP contribution in [-0.2, 0) is 11.2 Å². The van der Waals surface area contributed by atoms with Crippen molar-refractivity contribution >= 4 is 28.5 Å². The van der Waals surface area contributed by atoms with Crippen molar-refractivity contribution in [2.45, 2.75) is 6.42 Å². The number of rotatable bonds is 2. The van der Waals surface area contributed by atoms with Crippen molar-refractivity contribution in [2.75, 3.05) is 0 Å². The lowest BCUT2D eigenvalue weighted by Crippen LogP contribution is -2.20. The van der Waals surface area contributed by atoms with Crippen molar-refractivity contribution in [3.05, 3.63) is 25.9 Å². The number of H-pyrrole nitrogens is 1. The Morgan fingerprint density at radius 1 is 1.75 bits per heavy atom. The Morgan fingerprint density at radius 3 is 2.92 bits per heavy atom. The van der Waals surface area contributed by atoms with Crippen LogP contribution in [0.2, 0.25) is 0 Å². The molecule has 0 aromatic carbocycles. The number of aromatic amines is 1. The van der Waals surface area contributed by atoms with Gasteiger partial charge in [0.05, 0.1) is 9.99 Å². The number of nitrogens with two attached hydrogens (primary N) is 1. The van der Waals surface area contributed by atoms with Crippen molar-refractivity contribution in [1.29, 1.82) is 0 Å². The standard InChI is InChI=1S/C6H6IN3O2/c7-3-2-9-5(1-4(8)11)10-6(3)12/h2H,1H2,(H2,8,11)(H,9,10,12). The highest BCUT2D eigenvalue weighted by molar-refractivity contribution is 14.1. The third kappa shape index (κ3) is 2.29. The minimum atomic E-state index is -0.514. The lowest BCUT2D eigenvalue weighted by Gasteiger charge is -1.95. The first-order valence-electron chi connectivity index (χ1n) is 3.11. The molecule has 0 saturated carbocycles. The molecule has 0 atom stereocenters. The summed E-state index contributed by atoms with van der Waals surface area (Å²) >= 11 is 1.85. The van der Waals surface area contributed by atoms with Crippen molar-refractivity contribution < 1.29 is 4.79 Å². The minimum Gasteiger partial charge on any atom is -0.369 e. The van der Waals surface area contributed by atoms with E-state index in [0.29, 0.717) is 9.39 Å². The number of carbonyl (C=O) groups excluding carboxylic acids is 1. The molecule has 0 saturated heterocycles. The summed E-state index contributed by atoms with van der Waals surface area (Å²) in [7, 11) is 0. The average Bonchev–Trinajstić information content (AvgIpc) is 1.96. The van der Waals surface area contributed by atoms with Gasteiger partial charge in [-0.2, -0.15) is 0 Å². The monoisotopic (exact) mass is 279 g/mol. The van der Waals surface area contributed by atoms with Gasteiger partial charge in [-0.25, -0.2) is 4.98 Å². The molecule has 1 aromatic rings. The Balaban J connectivity index is 2.97. The first-order valence-corrected chi connectivity index (χ1v) is 4.19. The molecule has 1 aromatic heterocycles. The van der Waals surface area contributed by atoms with E-state index in [1.54, 1.807) is 0 Å². The van der Waals surface area contributed by atoms with Gasteiger partial charge in [0.15, 0.2) is 0 Å². The van der Waals surface area contributed by atoms with Crippen LogP contribution in [0.5, 0.6) is 0 Å². The summed E-state index contributed by atoms with van der Waals surface area (Å²) in [6.45, 7) is 0. The Kier molecular flexibility index (Phi) is 2.79. The van der Waals surface area contributed by atoms with E-state index in [2.05, 4.69) is 9.97 Å². The van der Waals surface area contributed by atoms with Gasteiger partial charge >= 0.3 is 0 Å². The fraction of sp³-hybridized carbons (Fsp3) is 0.167. The molecule has 0 spiro atoms. The maximum atomic E-state index is 11.0. The molecule has 0 bridgehead atoms. The van der Waals surface area contributed by atoms with Crippen LogP contribution in [0, 0.1) is 3.57 Å². The summed E-state index contributed by atoms with van der Waals surface area (Å²) in [5, 5.41) is 0. The Bertz CT molecular complexity index is 360. The molecule has 1 amide bonds. The number of hydrogen-bond donors (Lipinski definition) is 2. The van der Waals surface area contributed by atoms with Crippen LogP contribution in [-0.4, -0.2) is 15.9 Å². The van der Waals surface area contributed by atoms with Gasteiger partial charge in [-0.05, 0) is 22.6 Å². The van der Waals surface area contributed by atoms with E-state index < -0.39 is 5.91 Å². The zero-order valence-corrected chi connectivity index (χ0v) is 8.16. The van der Waals surface area contributed by atoms with Crippen LogP contribution in [0.15, 0.2) is 11.0 Å². The number of nitrogens with one attached hydrogen (secondary N) is 1. The van der Waals surface area contributed by atoms with Crippen molar-refractivity contribution in [3.8, 4) is 0 Å². The molecule has 3 N–H and O–H groups in total. The van der Waals surface area contributed by atoms with Gasteiger partial charge in [0.25, 0.3) is 5.56 Å². The maximum absolute atomic E-state index is 11.0. The third-order valence-electron chi connectivity index (χ3n) is 1.15. The van der Waals surface area contributed by atoms with Gasteiger partial charge in [0.2, 0.25) is 5.91 Å². The second-order valence-electron chi connectivity index (χ2n) is 2.15. The summed E-state index contributed by atoms with van der Waals surface area (Å²) in [6, 6.07) is 0. The highest BCUT2D eigenvalue weighted by atomic mass is 127. The zero-order chi connectivity index (χ0) is 9.14.